The summed E-state index contributed by atoms with van der Waals surface area (Å²) in [7, 11) is 0. The van der Waals surface area contributed by atoms with Crippen molar-refractivity contribution >= 4 is 17.7 Å². The summed E-state index contributed by atoms with van der Waals surface area (Å²) < 4.78 is 74.7. The molecule has 0 bridgehead atoms. The molecule has 7 saturated heterocycles. The molecule has 0 aliphatic carbocycles. The van der Waals surface area contributed by atoms with Crippen molar-refractivity contribution < 1.29 is 178 Å². The first kappa shape index (κ1) is 71.5. The van der Waals surface area contributed by atoms with Crippen LogP contribution in [-0.2, 0) is 76.0 Å². The van der Waals surface area contributed by atoms with E-state index in [4.69, 9.17) is 61.6 Å². The molecule has 3 amide bonds. The van der Waals surface area contributed by atoms with Gasteiger partial charge in [0.15, 0.2) is 44.0 Å². The molecule has 0 radical (unpaired) electrons. The van der Waals surface area contributed by atoms with Gasteiger partial charge >= 0.3 is 0 Å². The van der Waals surface area contributed by atoms with E-state index in [1.165, 1.54) is 0 Å². The van der Waals surface area contributed by atoms with Crippen molar-refractivity contribution in [2.24, 2.45) is 0 Å². The summed E-state index contributed by atoms with van der Waals surface area (Å²) in [5, 5.41) is 223. The number of nitrogens with one attached hydrogen (secondary N) is 3. The van der Waals surface area contributed by atoms with Crippen molar-refractivity contribution in [2.75, 3.05) is 46.2 Å². The lowest BCUT2D eigenvalue weighted by molar-refractivity contribution is -0.388. The van der Waals surface area contributed by atoms with Crippen molar-refractivity contribution in [1.82, 2.24) is 16.0 Å². The first-order valence-electron chi connectivity index (χ1n) is 27.6. The number of carbonyl (C=O) groups is 3. The lowest BCUT2D eigenvalue weighted by Gasteiger charge is -2.51. The van der Waals surface area contributed by atoms with Gasteiger partial charge < -0.3 is 180 Å². The van der Waals surface area contributed by atoms with Crippen LogP contribution >= 0.6 is 0 Å². The van der Waals surface area contributed by atoms with Crippen molar-refractivity contribution in [3.63, 3.8) is 0 Å². The Balaban J connectivity index is 1.08. The summed E-state index contributed by atoms with van der Waals surface area (Å²) in [5.41, 5.74) is 0. The molecule has 0 spiro atoms. The largest absolute Gasteiger partial charge is 0.394 e. The molecular weight excluding hydrogens is 1190 g/mol. The third kappa shape index (κ3) is 15.6. The van der Waals surface area contributed by atoms with Gasteiger partial charge in [-0.1, -0.05) is 0 Å². The van der Waals surface area contributed by atoms with Crippen molar-refractivity contribution in [3.8, 4) is 0 Å². The van der Waals surface area contributed by atoms with Crippen molar-refractivity contribution in [3.05, 3.63) is 0 Å². The van der Waals surface area contributed by atoms with Gasteiger partial charge in [0.2, 0.25) is 17.7 Å². The molecule has 35 atom stereocenters. The van der Waals surface area contributed by atoms with Gasteiger partial charge in [-0.25, -0.2) is 0 Å². The number of hydrogen-bond acceptors (Lipinski definition) is 36. The summed E-state index contributed by atoms with van der Waals surface area (Å²) in [6.07, 6.45) is -61.8. The maximum absolute atomic E-state index is 12.8. The van der Waals surface area contributed by atoms with Gasteiger partial charge in [0, 0.05) is 20.8 Å². The minimum absolute atomic E-state index is 0.833. The molecule has 504 valence electrons. The molecule has 0 aromatic heterocycles. The Morgan fingerprint density at radius 1 is 0.276 bits per heavy atom. The van der Waals surface area contributed by atoms with Crippen LogP contribution in [0.2, 0.25) is 0 Å². The number of aliphatic hydroxyl groups is 20. The Labute approximate surface area is 492 Å². The number of aliphatic hydroxyl groups excluding tert-OH is 20. The van der Waals surface area contributed by atoms with E-state index < -0.39 is 279 Å². The fourth-order valence-electron chi connectivity index (χ4n) is 11.2. The maximum atomic E-state index is 12.8. The predicted octanol–water partition coefficient (Wildman–Crippen LogP) is -15.8. The van der Waals surface area contributed by atoms with E-state index in [0.717, 1.165) is 20.8 Å². The zero-order valence-corrected chi connectivity index (χ0v) is 46.6. The van der Waals surface area contributed by atoms with Crippen LogP contribution in [0.25, 0.3) is 0 Å². The van der Waals surface area contributed by atoms with E-state index in [-0.39, 0.29) is 0 Å². The van der Waals surface area contributed by atoms with Crippen molar-refractivity contribution in [2.45, 2.75) is 236 Å². The molecule has 23 N–H and O–H groups in total. The lowest BCUT2D eigenvalue weighted by atomic mass is 9.93. The van der Waals surface area contributed by atoms with Crippen LogP contribution in [0.5, 0.6) is 0 Å². The third-order valence-corrected chi connectivity index (χ3v) is 15.8. The molecule has 7 heterocycles. The van der Waals surface area contributed by atoms with E-state index >= 15 is 0 Å². The normalized spacial score (nSPS) is 48.9. The second kappa shape index (κ2) is 31.1. The minimum atomic E-state index is -2.26. The van der Waals surface area contributed by atoms with Gasteiger partial charge in [0.05, 0.1) is 46.2 Å². The van der Waals surface area contributed by atoms with Crippen LogP contribution in [0.15, 0.2) is 0 Å². The Morgan fingerprint density at radius 2 is 0.529 bits per heavy atom. The van der Waals surface area contributed by atoms with E-state index in [2.05, 4.69) is 16.0 Å². The number of rotatable bonds is 22. The highest BCUT2D eigenvalue weighted by Crippen LogP contribution is 2.38. The summed E-state index contributed by atoms with van der Waals surface area (Å²) in [5.74, 6) is -2.59. The second-order valence-electron chi connectivity index (χ2n) is 21.8. The van der Waals surface area contributed by atoms with Gasteiger partial charge in [-0.2, -0.15) is 0 Å². The minimum Gasteiger partial charge on any atom is -0.394 e. The van der Waals surface area contributed by atoms with E-state index in [1.807, 2.05) is 0 Å². The average molecular weight is 1280 g/mol. The van der Waals surface area contributed by atoms with Crippen LogP contribution in [0, 0.1) is 0 Å². The first-order chi connectivity index (χ1) is 41.2. The van der Waals surface area contributed by atoms with E-state index in [0.29, 0.717) is 0 Å². The topological polar surface area (TPSA) is 612 Å². The fraction of sp³-hybridized carbons (Fsp3) is 0.938. The highest BCUT2D eigenvalue weighted by Gasteiger charge is 2.59. The fourth-order valence-corrected chi connectivity index (χ4v) is 11.2. The first-order valence-corrected chi connectivity index (χ1v) is 27.6. The number of ether oxygens (including phenoxy) is 13. The quantitative estimate of drug-likeness (QED) is 0.0479. The van der Waals surface area contributed by atoms with Crippen LogP contribution in [0.1, 0.15) is 20.8 Å². The molecule has 39 heteroatoms. The molecule has 7 fully saturated rings. The highest BCUT2D eigenvalue weighted by atomic mass is 16.8. The van der Waals surface area contributed by atoms with E-state index in [9.17, 15) is 117 Å². The smallest absolute Gasteiger partial charge is 0.217 e. The molecule has 0 aromatic rings. The summed E-state index contributed by atoms with van der Waals surface area (Å²) in [4.78, 5) is 37.8. The van der Waals surface area contributed by atoms with Gasteiger partial charge in [0.1, 0.15) is 171 Å². The lowest BCUT2D eigenvalue weighted by Crippen LogP contribution is -2.71. The molecule has 0 unspecified atom stereocenters. The van der Waals surface area contributed by atoms with Crippen LogP contribution < -0.4 is 16.0 Å². The number of amides is 3. The second-order valence-corrected chi connectivity index (χ2v) is 21.8. The highest BCUT2D eigenvalue weighted by molar-refractivity contribution is 5.74. The molecule has 0 saturated carbocycles. The Bertz CT molecular complexity index is 2190. The molecule has 7 aliphatic rings. The van der Waals surface area contributed by atoms with Crippen LogP contribution in [0.3, 0.4) is 0 Å². The SMILES string of the molecule is CC(=O)N[C@H]1[C@H](O[C@H]2[C@@H](O)[C@@H](CO)O[C@@H](O[C@H]3[C@H](O)[C@@H](NC(C)=O)[C@H](O[C@H]4[C@@H](O)[C@@H](CO)O[C@@H](O[C@H]5[C@H](O)[C@@H](NC(C)=O)[C@H](O[C@H]6[C@@H](O)[C@H](O)[C@@H](CO)O[C@@H]6O)O[C@@H]5CO)[C@@H]4O)O[C@@H]3CO)[C@@H]2O)O[C@H](CO)[C@@H](O[C@@H]2O[C@H](CO)[C@H](O)[C@H](O)[C@H]2O)[C@@H]1O. The molecular formula is C48H81N3O36. The molecule has 7 rings (SSSR count). The molecule has 39 nitrogen and oxygen atoms in total. The molecule has 7 aliphatic heterocycles. The predicted molar refractivity (Wildman–Crippen MR) is 267 cm³/mol. The standard InChI is InChI=1S/C48H81N3O36/c1-11(59)49-21-28(66)36(82-46-33(71)31(69)24(62)15(5-53)76-46)18(8-56)79-43(21)85-39-26(64)16(6-54)77-47(34(39)72)83-37-19(9-57)80-44(22(29(37)67)50-12(2)60)86-40-27(65)17(7-55)78-48(35(40)73)84-38-20(10-58)81-45(23(30(38)68)51-13(3)61)87-41-32(70)25(63)14(4-52)75-42(41)74/h14-48,52-58,62-74H,4-10H2,1-3H3,(H,49,59)(H,50,60)(H,51,61)/t14-,15-,16-,17-,18-,19-,20-,21-,22-,23-,24+,25-,26+,27+,28-,29-,30-,31+,32+,33-,34-,35-,36-,37-,38-,39+,40+,41+,42+,43+,44+,45+,46+,47+,48+/m1/s1. The Kier molecular flexibility index (Phi) is 25.6. The van der Waals surface area contributed by atoms with Gasteiger partial charge in [-0.05, 0) is 0 Å². The maximum Gasteiger partial charge on any atom is 0.217 e. The third-order valence-electron chi connectivity index (χ3n) is 15.8. The Hall–Kier alpha value is -2.91. The van der Waals surface area contributed by atoms with Crippen LogP contribution in [-0.4, -0.2) is 381 Å². The van der Waals surface area contributed by atoms with Gasteiger partial charge in [0.25, 0.3) is 0 Å². The van der Waals surface area contributed by atoms with E-state index in [1.54, 1.807) is 0 Å². The van der Waals surface area contributed by atoms with Gasteiger partial charge in [-0.15, -0.1) is 0 Å². The summed E-state index contributed by atoms with van der Waals surface area (Å²) >= 11 is 0. The van der Waals surface area contributed by atoms with Crippen LogP contribution in [0.4, 0.5) is 0 Å². The number of carbonyl (C=O) groups excluding carboxylic acids is 3. The van der Waals surface area contributed by atoms with Gasteiger partial charge in [-0.3, -0.25) is 14.4 Å². The summed E-state index contributed by atoms with van der Waals surface area (Å²) in [6.45, 7) is -4.03. The zero-order valence-electron chi connectivity index (χ0n) is 46.6. The monoisotopic (exact) mass is 1280 g/mol. The Morgan fingerprint density at radius 3 is 0.839 bits per heavy atom. The zero-order chi connectivity index (χ0) is 64.2. The average Bonchev–Trinajstić information content (AvgIpc) is 3.24. The molecule has 0 aromatic carbocycles. The molecule has 87 heavy (non-hydrogen) atoms. The summed E-state index contributed by atoms with van der Waals surface area (Å²) in [6, 6.07) is -5.37. The number of hydrogen-bond donors (Lipinski definition) is 23. The van der Waals surface area contributed by atoms with Crippen molar-refractivity contribution in [1.29, 1.82) is 0 Å².